The molecule has 0 saturated carbocycles. The standard InChI is InChI=1S/C25H17Cl3N2O3/c26-18-8-5-16(6-9-18)23-12-11-20(33-23)14-29-30-25(31)21-3-1-2-4-24(21)32-15-17-7-10-19(27)13-22(17)28/h1-14H,15H2,(H,30,31)/b29-14+. The van der Waals surface area contributed by atoms with Crippen LogP contribution in [0.5, 0.6) is 5.75 Å². The molecule has 1 N–H and O–H groups in total. The second-order valence-electron chi connectivity index (χ2n) is 6.93. The van der Waals surface area contributed by atoms with Crippen molar-refractivity contribution >= 4 is 46.9 Å². The smallest absolute Gasteiger partial charge is 0.275 e. The first-order valence-electron chi connectivity index (χ1n) is 9.84. The molecule has 4 aromatic rings. The second-order valence-corrected chi connectivity index (χ2v) is 8.21. The highest BCUT2D eigenvalue weighted by atomic mass is 35.5. The Labute approximate surface area is 205 Å². The summed E-state index contributed by atoms with van der Waals surface area (Å²) in [6.45, 7) is 0.184. The SMILES string of the molecule is O=C(N/N=C/c1ccc(-c2ccc(Cl)cc2)o1)c1ccccc1OCc1ccc(Cl)cc1Cl. The molecule has 0 bridgehead atoms. The summed E-state index contributed by atoms with van der Waals surface area (Å²) in [4.78, 5) is 12.6. The molecule has 1 amide bonds. The Bertz CT molecular complexity index is 1300. The van der Waals surface area contributed by atoms with Crippen LogP contribution in [0, 0.1) is 0 Å². The van der Waals surface area contributed by atoms with E-state index in [0.717, 1.165) is 11.1 Å². The van der Waals surface area contributed by atoms with Crippen LogP contribution in [0.25, 0.3) is 11.3 Å². The highest BCUT2D eigenvalue weighted by molar-refractivity contribution is 6.35. The van der Waals surface area contributed by atoms with E-state index in [2.05, 4.69) is 10.5 Å². The van der Waals surface area contributed by atoms with Crippen LogP contribution < -0.4 is 10.2 Å². The molecule has 5 nitrogen and oxygen atoms in total. The molecule has 3 aromatic carbocycles. The van der Waals surface area contributed by atoms with Gasteiger partial charge in [-0.15, -0.1) is 0 Å². The molecule has 0 aliphatic rings. The van der Waals surface area contributed by atoms with Crippen molar-refractivity contribution in [3.8, 4) is 17.1 Å². The summed E-state index contributed by atoms with van der Waals surface area (Å²) in [5, 5.41) is 5.67. The van der Waals surface area contributed by atoms with Crippen molar-refractivity contribution < 1.29 is 13.9 Å². The highest BCUT2D eigenvalue weighted by Crippen LogP contribution is 2.25. The molecule has 0 atom stereocenters. The van der Waals surface area contributed by atoms with Crippen LogP contribution in [-0.4, -0.2) is 12.1 Å². The highest BCUT2D eigenvalue weighted by Gasteiger charge is 2.12. The quantitative estimate of drug-likeness (QED) is 0.215. The number of nitrogens with zero attached hydrogens (tertiary/aromatic N) is 1. The summed E-state index contributed by atoms with van der Waals surface area (Å²) in [6, 6.07) is 22.9. The topological polar surface area (TPSA) is 63.8 Å². The maximum absolute atomic E-state index is 12.6. The van der Waals surface area contributed by atoms with Crippen LogP contribution in [-0.2, 0) is 6.61 Å². The third kappa shape index (κ3) is 5.96. The molecule has 0 saturated heterocycles. The number of hydrogen-bond acceptors (Lipinski definition) is 4. The van der Waals surface area contributed by atoms with Gasteiger partial charge in [-0.2, -0.15) is 5.10 Å². The van der Waals surface area contributed by atoms with E-state index in [1.54, 1.807) is 60.7 Å². The number of carbonyl (C=O) groups excluding carboxylic acids is 1. The molecule has 0 aliphatic heterocycles. The van der Waals surface area contributed by atoms with Crippen LogP contribution >= 0.6 is 34.8 Å². The first kappa shape index (κ1) is 22.9. The van der Waals surface area contributed by atoms with Gasteiger partial charge in [-0.25, -0.2) is 5.43 Å². The number of nitrogens with one attached hydrogen (secondary N) is 1. The minimum absolute atomic E-state index is 0.184. The lowest BCUT2D eigenvalue weighted by molar-refractivity contribution is 0.0950. The maximum Gasteiger partial charge on any atom is 0.275 e. The summed E-state index contributed by atoms with van der Waals surface area (Å²) in [5.41, 5.74) is 4.46. The largest absolute Gasteiger partial charge is 0.488 e. The van der Waals surface area contributed by atoms with Gasteiger partial charge in [0.2, 0.25) is 0 Å². The molecule has 0 aliphatic carbocycles. The molecule has 4 rings (SSSR count). The normalized spacial score (nSPS) is 11.0. The minimum Gasteiger partial charge on any atom is -0.488 e. The third-order valence-electron chi connectivity index (χ3n) is 4.64. The van der Waals surface area contributed by atoms with Crippen LogP contribution in [0.2, 0.25) is 15.1 Å². The molecule has 0 fully saturated rings. The van der Waals surface area contributed by atoms with Gasteiger partial charge in [0, 0.05) is 26.2 Å². The number of furan rings is 1. The first-order valence-corrected chi connectivity index (χ1v) is 11.0. The summed E-state index contributed by atoms with van der Waals surface area (Å²) in [6.07, 6.45) is 1.42. The molecule has 8 heteroatoms. The van der Waals surface area contributed by atoms with Gasteiger partial charge in [-0.3, -0.25) is 4.79 Å². The molecular formula is C25H17Cl3N2O3. The van der Waals surface area contributed by atoms with Crippen molar-refractivity contribution in [2.24, 2.45) is 5.10 Å². The zero-order valence-electron chi connectivity index (χ0n) is 17.1. The maximum atomic E-state index is 12.6. The van der Waals surface area contributed by atoms with Crippen LogP contribution in [0.3, 0.4) is 0 Å². The van der Waals surface area contributed by atoms with Gasteiger partial charge in [0.05, 0.1) is 11.8 Å². The van der Waals surface area contributed by atoms with E-state index in [9.17, 15) is 4.79 Å². The van der Waals surface area contributed by atoms with Crippen molar-refractivity contribution in [3.05, 3.63) is 111 Å². The Balaban J connectivity index is 1.40. The monoisotopic (exact) mass is 498 g/mol. The Morgan fingerprint density at radius 1 is 0.939 bits per heavy atom. The van der Waals surface area contributed by atoms with Gasteiger partial charge in [-0.1, -0.05) is 53.0 Å². The molecule has 1 aromatic heterocycles. The molecule has 1 heterocycles. The van der Waals surface area contributed by atoms with E-state index < -0.39 is 5.91 Å². The predicted octanol–water partition coefficient (Wildman–Crippen LogP) is 7.25. The molecule has 0 unspecified atom stereocenters. The minimum atomic E-state index is -0.423. The van der Waals surface area contributed by atoms with Gasteiger partial charge in [0.1, 0.15) is 23.9 Å². The molecule has 166 valence electrons. The number of benzene rings is 3. The van der Waals surface area contributed by atoms with Crippen LogP contribution in [0.4, 0.5) is 0 Å². The van der Waals surface area contributed by atoms with Gasteiger partial charge in [-0.05, 0) is 60.7 Å². The van der Waals surface area contributed by atoms with E-state index in [-0.39, 0.29) is 6.61 Å². The summed E-state index contributed by atoms with van der Waals surface area (Å²) >= 11 is 18.0. The van der Waals surface area contributed by atoms with Gasteiger partial charge >= 0.3 is 0 Å². The van der Waals surface area contributed by atoms with E-state index >= 15 is 0 Å². The van der Waals surface area contributed by atoms with Gasteiger partial charge in [0.15, 0.2) is 0 Å². The summed E-state index contributed by atoms with van der Waals surface area (Å²) in [7, 11) is 0. The molecule has 0 spiro atoms. The van der Waals surface area contributed by atoms with E-state index in [1.165, 1.54) is 6.21 Å². The average Bonchev–Trinajstić information content (AvgIpc) is 3.28. The lowest BCUT2D eigenvalue weighted by atomic mass is 10.2. The Morgan fingerprint density at radius 3 is 2.48 bits per heavy atom. The number of hydrazone groups is 1. The zero-order valence-corrected chi connectivity index (χ0v) is 19.4. The van der Waals surface area contributed by atoms with Crippen LogP contribution in [0.15, 0.2) is 88.4 Å². The van der Waals surface area contributed by atoms with Crippen molar-refractivity contribution in [3.63, 3.8) is 0 Å². The lowest BCUT2D eigenvalue weighted by Crippen LogP contribution is -2.18. The Kier molecular flexibility index (Phi) is 7.35. The number of carbonyl (C=O) groups is 1. The number of para-hydroxylation sites is 1. The van der Waals surface area contributed by atoms with Gasteiger partial charge in [0.25, 0.3) is 5.91 Å². The number of hydrogen-bond donors (Lipinski definition) is 1. The summed E-state index contributed by atoms with van der Waals surface area (Å²) in [5.74, 6) is 1.13. The Morgan fingerprint density at radius 2 is 1.70 bits per heavy atom. The average molecular weight is 500 g/mol. The van der Waals surface area contributed by atoms with Crippen molar-refractivity contribution in [2.75, 3.05) is 0 Å². The molecular weight excluding hydrogens is 483 g/mol. The van der Waals surface area contributed by atoms with Crippen molar-refractivity contribution in [1.82, 2.24) is 5.43 Å². The molecule has 0 radical (unpaired) electrons. The first-order chi connectivity index (χ1) is 16.0. The number of halogens is 3. The van der Waals surface area contributed by atoms with E-state index in [1.807, 2.05) is 18.2 Å². The number of rotatable bonds is 7. The van der Waals surface area contributed by atoms with Crippen molar-refractivity contribution in [2.45, 2.75) is 6.61 Å². The lowest BCUT2D eigenvalue weighted by Gasteiger charge is -2.11. The fourth-order valence-corrected chi connectivity index (χ4v) is 3.57. The zero-order chi connectivity index (χ0) is 23.2. The van der Waals surface area contributed by atoms with E-state index in [0.29, 0.717) is 37.9 Å². The van der Waals surface area contributed by atoms with Crippen LogP contribution in [0.1, 0.15) is 21.7 Å². The van der Waals surface area contributed by atoms with Gasteiger partial charge < -0.3 is 9.15 Å². The number of ether oxygens (including phenoxy) is 1. The number of amides is 1. The third-order valence-corrected chi connectivity index (χ3v) is 5.48. The molecule has 33 heavy (non-hydrogen) atoms. The fourth-order valence-electron chi connectivity index (χ4n) is 2.98. The van der Waals surface area contributed by atoms with Crippen molar-refractivity contribution in [1.29, 1.82) is 0 Å². The predicted molar refractivity (Wildman–Crippen MR) is 131 cm³/mol. The fraction of sp³-hybridized carbons (Fsp3) is 0.0400. The second kappa shape index (κ2) is 10.6. The summed E-state index contributed by atoms with van der Waals surface area (Å²) < 4.78 is 11.6. The Hall–Kier alpha value is -3.25. The van der Waals surface area contributed by atoms with E-state index in [4.69, 9.17) is 44.0 Å².